The fourth-order valence-corrected chi connectivity index (χ4v) is 1.89. The van der Waals surface area contributed by atoms with Gasteiger partial charge < -0.3 is 15.4 Å². The number of amides is 1. The molecule has 1 saturated heterocycles. The molecule has 18 heavy (non-hydrogen) atoms. The van der Waals surface area contributed by atoms with Crippen LogP contribution in [0.5, 0.6) is 0 Å². The number of carbonyl (C=O) groups is 1. The van der Waals surface area contributed by atoms with Crippen LogP contribution in [0.25, 0.3) is 0 Å². The molecule has 0 radical (unpaired) electrons. The van der Waals surface area contributed by atoms with Gasteiger partial charge in [-0.05, 0) is 17.7 Å². The number of hydrogen-bond donors (Lipinski definition) is 2. The summed E-state index contributed by atoms with van der Waals surface area (Å²) in [6.07, 6.45) is -0.463. The van der Waals surface area contributed by atoms with E-state index in [1.807, 2.05) is 0 Å². The van der Waals surface area contributed by atoms with Crippen molar-refractivity contribution < 1.29 is 13.9 Å². The van der Waals surface area contributed by atoms with Gasteiger partial charge in [-0.15, -0.1) is 0 Å². The number of nitrogens with one attached hydrogen (secondary N) is 2. The van der Waals surface area contributed by atoms with E-state index in [1.165, 1.54) is 12.1 Å². The van der Waals surface area contributed by atoms with Crippen LogP contribution < -0.4 is 10.6 Å². The second-order valence-corrected chi connectivity index (χ2v) is 4.44. The lowest BCUT2D eigenvalue weighted by Gasteiger charge is -2.22. The van der Waals surface area contributed by atoms with Crippen LogP contribution in [0.1, 0.15) is 5.56 Å². The van der Waals surface area contributed by atoms with Crippen molar-refractivity contribution in [1.82, 2.24) is 10.6 Å². The minimum Gasteiger partial charge on any atom is -0.366 e. The van der Waals surface area contributed by atoms with E-state index in [1.54, 1.807) is 6.07 Å². The highest BCUT2D eigenvalue weighted by atomic mass is 35.5. The quantitative estimate of drug-likeness (QED) is 0.866. The molecule has 0 spiro atoms. The van der Waals surface area contributed by atoms with Crippen molar-refractivity contribution >= 4 is 17.5 Å². The Hall–Kier alpha value is -1.17. The van der Waals surface area contributed by atoms with E-state index >= 15 is 0 Å². The second-order valence-electron chi connectivity index (χ2n) is 4.03. The van der Waals surface area contributed by atoms with Gasteiger partial charge in [0.25, 0.3) is 5.91 Å². The maximum atomic E-state index is 12.9. The number of halogens is 2. The Bertz CT molecular complexity index is 436. The van der Waals surface area contributed by atoms with Gasteiger partial charge in [0.2, 0.25) is 0 Å². The smallest absolute Gasteiger partial charge is 0.250 e. The Labute approximate surface area is 109 Å². The average Bonchev–Trinajstić information content (AvgIpc) is 2.41. The molecule has 1 atom stereocenters. The Kier molecular flexibility index (Phi) is 4.52. The summed E-state index contributed by atoms with van der Waals surface area (Å²) in [4.78, 5) is 11.7. The maximum Gasteiger partial charge on any atom is 0.250 e. The predicted molar refractivity (Wildman–Crippen MR) is 65.9 cm³/mol. The van der Waals surface area contributed by atoms with Crippen molar-refractivity contribution in [2.45, 2.75) is 12.6 Å². The first-order valence-corrected chi connectivity index (χ1v) is 6.08. The van der Waals surface area contributed by atoms with Gasteiger partial charge in [0.1, 0.15) is 11.9 Å². The molecule has 1 amide bonds. The molecule has 2 rings (SSSR count). The van der Waals surface area contributed by atoms with Crippen LogP contribution in [-0.2, 0) is 16.1 Å². The van der Waals surface area contributed by atoms with E-state index in [0.717, 1.165) is 12.1 Å². The van der Waals surface area contributed by atoms with E-state index in [-0.39, 0.29) is 10.9 Å². The molecule has 1 unspecified atom stereocenters. The van der Waals surface area contributed by atoms with Crippen molar-refractivity contribution in [3.8, 4) is 0 Å². The Balaban J connectivity index is 1.86. The molecule has 1 fully saturated rings. The maximum absolute atomic E-state index is 12.9. The summed E-state index contributed by atoms with van der Waals surface area (Å²) in [6.45, 7) is 2.10. The van der Waals surface area contributed by atoms with Crippen LogP contribution in [0.3, 0.4) is 0 Å². The highest BCUT2D eigenvalue weighted by Crippen LogP contribution is 2.15. The van der Waals surface area contributed by atoms with Gasteiger partial charge in [-0.2, -0.15) is 0 Å². The van der Waals surface area contributed by atoms with Crippen molar-refractivity contribution in [1.29, 1.82) is 0 Å². The number of rotatable bonds is 3. The number of ether oxygens (including phenoxy) is 1. The number of benzene rings is 1. The van der Waals surface area contributed by atoms with Crippen LogP contribution in [0.2, 0.25) is 5.02 Å². The highest BCUT2D eigenvalue weighted by molar-refractivity contribution is 6.30. The molecule has 98 valence electrons. The lowest BCUT2D eigenvalue weighted by atomic mass is 10.2. The Morgan fingerprint density at radius 1 is 1.61 bits per heavy atom. The summed E-state index contributed by atoms with van der Waals surface area (Å²) >= 11 is 5.66. The molecule has 1 aliphatic rings. The molecule has 1 aromatic rings. The summed E-state index contributed by atoms with van der Waals surface area (Å²) in [5, 5.41) is 5.86. The van der Waals surface area contributed by atoms with Crippen LogP contribution in [0.15, 0.2) is 18.2 Å². The molecule has 1 heterocycles. The van der Waals surface area contributed by atoms with E-state index in [0.29, 0.717) is 19.7 Å². The number of carbonyl (C=O) groups excluding carboxylic acids is 1. The molecule has 2 N–H and O–H groups in total. The van der Waals surface area contributed by atoms with Crippen molar-refractivity contribution in [3.63, 3.8) is 0 Å². The van der Waals surface area contributed by atoms with E-state index in [4.69, 9.17) is 16.3 Å². The standard InChI is InChI=1S/C12H14ClFN2O2/c13-9-5-8(1-2-10(9)14)6-16-12(17)11-7-15-3-4-18-11/h1-2,5,11,15H,3-4,6-7H2,(H,16,17). The third kappa shape index (κ3) is 3.41. The monoisotopic (exact) mass is 272 g/mol. The molecule has 0 bridgehead atoms. The van der Waals surface area contributed by atoms with Crippen molar-refractivity contribution in [2.75, 3.05) is 19.7 Å². The van der Waals surface area contributed by atoms with E-state index < -0.39 is 11.9 Å². The van der Waals surface area contributed by atoms with Gasteiger partial charge in [-0.25, -0.2) is 4.39 Å². The van der Waals surface area contributed by atoms with Crippen LogP contribution in [0, 0.1) is 5.82 Å². The van der Waals surface area contributed by atoms with E-state index in [2.05, 4.69) is 10.6 Å². The topological polar surface area (TPSA) is 50.4 Å². The summed E-state index contributed by atoms with van der Waals surface area (Å²) in [6, 6.07) is 4.36. The molecule has 0 aliphatic carbocycles. The van der Waals surface area contributed by atoms with E-state index in [9.17, 15) is 9.18 Å². The number of morpholine rings is 1. The van der Waals surface area contributed by atoms with Crippen molar-refractivity contribution in [3.05, 3.63) is 34.6 Å². The molecule has 6 heteroatoms. The molecule has 0 saturated carbocycles. The van der Waals surface area contributed by atoms with Gasteiger partial charge >= 0.3 is 0 Å². The Morgan fingerprint density at radius 3 is 3.11 bits per heavy atom. The predicted octanol–water partition coefficient (Wildman–Crippen LogP) is 1.08. The van der Waals surface area contributed by atoms with Gasteiger partial charge in [0.15, 0.2) is 0 Å². The lowest BCUT2D eigenvalue weighted by molar-refractivity contribution is -0.134. The normalized spacial score (nSPS) is 19.6. The fourth-order valence-electron chi connectivity index (χ4n) is 1.69. The molecular formula is C12H14ClFN2O2. The average molecular weight is 273 g/mol. The van der Waals surface area contributed by atoms with Crippen LogP contribution >= 0.6 is 11.6 Å². The first-order valence-electron chi connectivity index (χ1n) is 5.71. The van der Waals surface area contributed by atoms with Gasteiger partial charge in [0.05, 0.1) is 11.6 Å². The van der Waals surface area contributed by atoms with Gasteiger partial charge in [-0.3, -0.25) is 4.79 Å². The third-order valence-electron chi connectivity index (χ3n) is 2.67. The van der Waals surface area contributed by atoms with Crippen LogP contribution in [0.4, 0.5) is 4.39 Å². The minimum absolute atomic E-state index is 0.0531. The third-order valence-corrected chi connectivity index (χ3v) is 2.96. The summed E-state index contributed by atoms with van der Waals surface area (Å²) in [5.41, 5.74) is 0.749. The summed E-state index contributed by atoms with van der Waals surface area (Å²) < 4.78 is 18.3. The lowest BCUT2D eigenvalue weighted by Crippen LogP contribution is -2.47. The molecule has 4 nitrogen and oxygen atoms in total. The molecular weight excluding hydrogens is 259 g/mol. The molecule has 1 aliphatic heterocycles. The highest BCUT2D eigenvalue weighted by Gasteiger charge is 2.21. The van der Waals surface area contributed by atoms with Gasteiger partial charge in [0, 0.05) is 19.6 Å². The van der Waals surface area contributed by atoms with Crippen molar-refractivity contribution in [2.24, 2.45) is 0 Å². The first kappa shape index (κ1) is 13.3. The number of hydrogen-bond acceptors (Lipinski definition) is 3. The minimum atomic E-state index is -0.466. The summed E-state index contributed by atoms with van der Waals surface area (Å²) in [7, 11) is 0. The zero-order valence-electron chi connectivity index (χ0n) is 9.71. The Morgan fingerprint density at radius 2 is 2.44 bits per heavy atom. The SMILES string of the molecule is O=C(NCc1ccc(F)c(Cl)c1)C1CNCCO1. The largest absolute Gasteiger partial charge is 0.366 e. The summed E-state index contributed by atoms with van der Waals surface area (Å²) in [5.74, 6) is -0.644. The van der Waals surface area contributed by atoms with Crippen LogP contribution in [-0.4, -0.2) is 31.7 Å². The fraction of sp³-hybridized carbons (Fsp3) is 0.417. The van der Waals surface area contributed by atoms with Gasteiger partial charge in [-0.1, -0.05) is 17.7 Å². The zero-order valence-corrected chi connectivity index (χ0v) is 10.5. The molecule has 0 aromatic heterocycles. The first-order chi connectivity index (χ1) is 8.66. The molecule has 1 aromatic carbocycles. The second kappa shape index (κ2) is 6.13. The zero-order chi connectivity index (χ0) is 13.0.